The van der Waals surface area contributed by atoms with E-state index in [-0.39, 0.29) is 0 Å². The molecule has 1 aromatic heterocycles. The van der Waals surface area contributed by atoms with Crippen molar-refractivity contribution in [1.29, 1.82) is 0 Å². The molecule has 0 aliphatic heterocycles. The van der Waals surface area contributed by atoms with Crippen LogP contribution in [0.4, 0.5) is 5.82 Å². The van der Waals surface area contributed by atoms with Crippen molar-refractivity contribution in [2.45, 2.75) is 38.7 Å². The summed E-state index contributed by atoms with van der Waals surface area (Å²) >= 11 is 0. The average molecular weight is 355 g/mol. The number of hydrogen-bond donors (Lipinski definition) is 1. The molecule has 6 nitrogen and oxygen atoms in total. The lowest BCUT2D eigenvalue weighted by atomic mass is 10.2. The van der Waals surface area contributed by atoms with Gasteiger partial charge in [-0.2, -0.15) is 5.10 Å². The minimum atomic E-state index is 0.434. The van der Waals surface area contributed by atoms with Gasteiger partial charge in [-0.25, -0.2) is 4.68 Å². The Kier molecular flexibility index (Phi) is 8.55. The van der Waals surface area contributed by atoms with Crippen molar-refractivity contribution in [3.05, 3.63) is 35.7 Å². The van der Waals surface area contributed by atoms with Crippen molar-refractivity contribution in [3.8, 4) is 0 Å². The number of nitrogens with one attached hydrogen (secondary N) is 1. The highest BCUT2D eigenvalue weighted by molar-refractivity contribution is 5.84. The number of aromatic nitrogens is 2. The fraction of sp³-hybridized carbons (Fsp3) is 0.450. The predicted molar refractivity (Wildman–Crippen MR) is 111 cm³/mol. The second-order valence-electron chi connectivity index (χ2n) is 6.09. The Hall–Kier alpha value is -2.47. The third-order valence-electron chi connectivity index (χ3n) is 4.11. The fourth-order valence-electron chi connectivity index (χ4n) is 2.82. The number of ether oxygens (including phenoxy) is 1. The lowest BCUT2D eigenvalue weighted by Crippen LogP contribution is -2.10. The molecule has 6 heteroatoms. The molecular formula is C20H29N5O. The second-order valence-corrected chi connectivity index (χ2v) is 6.09. The largest absolute Gasteiger partial charge is 0.376 e. The molecule has 0 spiro atoms. The average Bonchev–Trinajstić information content (AvgIpc) is 3.29. The maximum atomic E-state index is 5.82. The summed E-state index contributed by atoms with van der Waals surface area (Å²) in [6.45, 7) is 6.81. The Morgan fingerprint density at radius 1 is 1.46 bits per heavy atom. The van der Waals surface area contributed by atoms with Gasteiger partial charge in [-0.1, -0.05) is 18.9 Å². The topological polar surface area (TPSA) is 63.8 Å². The third-order valence-corrected chi connectivity index (χ3v) is 4.11. The zero-order valence-electron chi connectivity index (χ0n) is 15.8. The quantitative estimate of drug-likeness (QED) is 0.391. The summed E-state index contributed by atoms with van der Waals surface area (Å²) in [6, 6.07) is 1.97. The van der Waals surface area contributed by atoms with Crippen LogP contribution in [-0.2, 0) is 4.74 Å². The third kappa shape index (κ3) is 6.44. The molecule has 0 unspecified atom stereocenters. The van der Waals surface area contributed by atoms with E-state index in [1.165, 1.54) is 25.7 Å². The van der Waals surface area contributed by atoms with Crippen LogP contribution in [-0.4, -0.2) is 49.0 Å². The van der Waals surface area contributed by atoms with Gasteiger partial charge in [0.2, 0.25) is 0 Å². The second kappa shape index (κ2) is 11.2. The van der Waals surface area contributed by atoms with Gasteiger partial charge in [-0.15, -0.1) is 0 Å². The first-order chi connectivity index (χ1) is 12.8. The van der Waals surface area contributed by atoms with E-state index in [2.05, 4.69) is 27.1 Å². The van der Waals surface area contributed by atoms with Gasteiger partial charge in [0, 0.05) is 37.3 Å². The molecule has 2 rings (SSSR count). The number of hydrogen-bond acceptors (Lipinski definition) is 5. The van der Waals surface area contributed by atoms with Gasteiger partial charge in [0.25, 0.3) is 0 Å². The van der Waals surface area contributed by atoms with Crippen LogP contribution in [0.15, 0.2) is 40.0 Å². The normalized spacial score (nSPS) is 16.5. The van der Waals surface area contributed by atoms with Crippen molar-refractivity contribution in [3.63, 3.8) is 0 Å². The number of nitrogens with zero attached hydrogens (tertiary/aromatic N) is 4. The molecule has 140 valence electrons. The molecule has 26 heavy (non-hydrogen) atoms. The zero-order valence-corrected chi connectivity index (χ0v) is 15.8. The summed E-state index contributed by atoms with van der Waals surface area (Å²) in [5.41, 5.74) is 1.83. The maximum absolute atomic E-state index is 5.82. The smallest absolute Gasteiger partial charge is 0.148 e. The molecule has 0 aromatic carbocycles. The maximum Gasteiger partial charge on any atom is 0.148 e. The molecule has 0 saturated heterocycles. The van der Waals surface area contributed by atoms with Gasteiger partial charge >= 0.3 is 0 Å². The summed E-state index contributed by atoms with van der Waals surface area (Å²) in [4.78, 5) is 8.29. The Morgan fingerprint density at radius 2 is 2.27 bits per heavy atom. The summed E-state index contributed by atoms with van der Waals surface area (Å²) in [5.74, 6) is 0.813. The van der Waals surface area contributed by atoms with E-state index >= 15 is 0 Å². The van der Waals surface area contributed by atoms with E-state index in [0.717, 1.165) is 17.1 Å². The molecular weight excluding hydrogens is 326 g/mol. The van der Waals surface area contributed by atoms with Crippen LogP contribution in [0.3, 0.4) is 0 Å². The zero-order chi connectivity index (χ0) is 18.6. The molecule has 1 N–H and O–H groups in total. The summed E-state index contributed by atoms with van der Waals surface area (Å²) in [5, 5.41) is 7.48. The minimum absolute atomic E-state index is 0.434. The van der Waals surface area contributed by atoms with E-state index in [9.17, 15) is 0 Å². The highest BCUT2D eigenvalue weighted by Crippen LogP contribution is 2.20. The van der Waals surface area contributed by atoms with Gasteiger partial charge in [0.05, 0.1) is 24.9 Å². The van der Waals surface area contributed by atoms with Crippen molar-refractivity contribution in [1.82, 2.24) is 9.78 Å². The molecule has 1 heterocycles. The first-order valence-corrected chi connectivity index (χ1v) is 9.12. The Bertz CT molecular complexity index is 678. The first-order valence-electron chi connectivity index (χ1n) is 9.12. The Morgan fingerprint density at radius 3 is 2.96 bits per heavy atom. The van der Waals surface area contributed by atoms with Crippen LogP contribution in [0, 0.1) is 0 Å². The van der Waals surface area contributed by atoms with Gasteiger partial charge in [-0.05, 0) is 38.6 Å². The number of anilines is 1. The van der Waals surface area contributed by atoms with Crippen molar-refractivity contribution >= 4 is 31.0 Å². The highest BCUT2D eigenvalue weighted by atomic mass is 16.5. The molecule has 0 amide bonds. The number of rotatable bonds is 10. The van der Waals surface area contributed by atoms with Gasteiger partial charge < -0.3 is 10.1 Å². The number of aliphatic imine (C=N–C) groups is 2. The molecule has 0 atom stereocenters. The van der Waals surface area contributed by atoms with E-state index < -0.39 is 0 Å². The molecule has 1 saturated carbocycles. The van der Waals surface area contributed by atoms with Crippen LogP contribution >= 0.6 is 0 Å². The van der Waals surface area contributed by atoms with Gasteiger partial charge in [0.1, 0.15) is 5.82 Å². The van der Waals surface area contributed by atoms with Crippen molar-refractivity contribution in [2.24, 2.45) is 9.98 Å². The van der Waals surface area contributed by atoms with E-state index in [1.54, 1.807) is 12.4 Å². The molecule has 0 radical (unpaired) electrons. The Balaban J connectivity index is 1.93. The minimum Gasteiger partial charge on any atom is -0.376 e. The van der Waals surface area contributed by atoms with Crippen LogP contribution < -0.4 is 5.32 Å². The molecule has 1 aliphatic rings. The SMILES string of the molecule is C=N/C=C(\C=N/CCOC1CCCC1)/C=C/c1cc(NC)nn1/C=C\C. The van der Waals surface area contributed by atoms with E-state index in [1.807, 2.05) is 49.1 Å². The van der Waals surface area contributed by atoms with Crippen molar-refractivity contribution in [2.75, 3.05) is 25.5 Å². The van der Waals surface area contributed by atoms with E-state index in [0.29, 0.717) is 19.3 Å². The summed E-state index contributed by atoms with van der Waals surface area (Å²) in [7, 11) is 1.85. The van der Waals surface area contributed by atoms with Crippen LogP contribution in [0.1, 0.15) is 38.3 Å². The lowest BCUT2D eigenvalue weighted by molar-refractivity contribution is 0.0644. The van der Waals surface area contributed by atoms with Crippen LogP contribution in [0.25, 0.3) is 12.3 Å². The first kappa shape index (κ1) is 19.8. The van der Waals surface area contributed by atoms with Gasteiger partial charge in [0.15, 0.2) is 0 Å². The lowest BCUT2D eigenvalue weighted by Gasteiger charge is -2.08. The monoisotopic (exact) mass is 355 g/mol. The summed E-state index contributed by atoms with van der Waals surface area (Å²) < 4.78 is 7.63. The highest BCUT2D eigenvalue weighted by Gasteiger charge is 2.14. The summed E-state index contributed by atoms with van der Waals surface area (Å²) in [6.07, 6.45) is 16.7. The molecule has 1 aliphatic carbocycles. The van der Waals surface area contributed by atoms with E-state index in [4.69, 9.17) is 4.74 Å². The Labute approximate surface area is 156 Å². The van der Waals surface area contributed by atoms with Gasteiger partial charge in [-0.3, -0.25) is 9.98 Å². The van der Waals surface area contributed by atoms with Crippen LogP contribution in [0.2, 0.25) is 0 Å². The molecule has 0 bridgehead atoms. The standard InChI is InChI=1S/C20H29N5O/c1-4-12-25-18(14-20(22-3)24-25)10-9-17(15-21-2)16-23-11-13-26-19-7-5-6-8-19/h4,9-10,12,14-16,19H,2,5-8,11,13H2,1,3H3,(H,22,24)/b10-9+,12-4-,17-15-,23-16-. The fourth-order valence-corrected chi connectivity index (χ4v) is 2.82. The van der Waals surface area contributed by atoms with Crippen molar-refractivity contribution < 1.29 is 4.74 Å². The number of allylic oxidation sites excluding steroid dienone is 3. The predicted octanol–water partition coefficient (Wildman–Crippen LogP) is 4.04. The molecule has 1 fully saturated rings. The molecule has 1 aromatic rings. The van der Waals surface area contributed by atoms with Crippen LogP contribution in [0.5, 0.6) is 0 Å².